The number of likely N-dealkylation sites (tertiary alicyclic amines) is 1. The number of hydrogen-bond acceptors (Lipinski definition) is 5. The summed E-state index contributed by atoms with van der Waals surface area (Å²) < 4.78 is 17.7. The topological polar surface area (TPSA) is 65.1 Å². The number of amides is 1. The van der Waals surface area contributed by atoms with Gasteiger partial charge in [0.15, 0.2) is 0 Å². The first-order valence-corrected chi connectivity index (χ1v) is 10.8. The van der Waals surface area contributed by atoms with Gasteiger partial charge >= 0.3 is 6.09 Å². The van der Waals surface area contributed by atoms with Crippen molar-refractivity contribution in [1.82, 2.24) is 4.90 Å². The number of fused-ring (bicyclic) bond motifs is 1. The number of carbonyl (C=O) groups is 2. The zero-order valence-electron chi connectivity index (χ0n) is 18.3. The maximum atomic E-state index is 12.3. The maximum absolute atomic E-state index is 12.3. The average molecular weight is 424 g/mol. The molecule has 0 aromatic heterocycles. The van der Waals surface area contributed by atoms with E-state index in [1.807, 2.05) is 57.2 Å². The van der Waals surface area contributed by atoms with Crippen LogP contribution in [0, 0.1) is 5.92 Å². The predicted octanol–water partition coefficient (Wildman–Crippen LogP) is 5.05. The summed E-state index contributed by atoms with van der Waals surface area (Å²) in [6, 6.07) is 13.6. The molecule has 6 nitrogen and oxygen atoms in total. The highest BCUT2D eigenvalue weighted by atomic mass is 16.7. The Hall–Kier alpha value is -2.86. The second kappa shape index (κ2) is 8.71. The minimum absolute atomic E-state index is 0.238. The van der Waals surface area contributed by atoms with Crippen LogP contribution in [0.2, 0.25) is 0 Å². The Morgan fingerprint density at radius 1 is 1.06 bits per heavy atom. The van der Waals surface area contributed by atoms with Crippen molar-refractivity contribution in [3.8, 4) is 16.9 Å². The van der Waals surface area contributed by atoms with Gasteiger partial charge in [-0.05, 0) is 56.9 Å². The second-order valence-electron chi connectivity index (χ2n) is 9.16. The van der Waals surface area contributed by atoms with Gasteiger partial charge in [0.1, 0.15) is 17.6 Å². The maximum Gasteiger partial charge on any atom is 0.410 e. The van der Waals surface area contributed by atoms with Gasteiger partial charge < -0.3 is 19.1 Å². The molecule has 2 aliphatic heterocycles. The van der Waals surface area contributed by atoms with Gasteiger partial charge in [0, 0.05) is 30.1 Å². The lowest BCUT2D eigenvalue weighted by Gasteiger charge is -2.38. The molecular weight excluding hydrogens is 394 g/mol. The summed E-state index contributed by atoms with van der Waals surface area (Å²) in [5.74, 6) is 1.08. The third-order valence-corrected chi connectivity index (χ3v) is 5.66. The summed E-state index contributed by atoms with van der Waals surface area (Å²) in [6.45, 7) is 7.42. The SMILES string of the molecule is CC(C)(C)OC(=O)N1CCC(C2OCc3cc(-c4ccc(C=O)cc4)ccc3O2)CC1. The highest BCUT2D eigenvalue weighted by Gasteiger charge is 2.34. The zero-order chi connectivity index (χ0) is 22.0. The Balaban J connectivity index is 1.36. The highest BCUT2D eigenvalue weighted by molar-refractivity contribution is 5.77. The second-order valence-corrected chi connectivity index (χ2v) is 9.16. The number of piperidine rings is 1. The van der Waals surface area contributed by atoms with Crippen LogP contribution in [0.5, 0.6) is 5.75 Å². The monoisotopic (exact) mass is 423 g/mol. The Kier molecular flexibility index (Phi) is 6.01. The first-order valence-electron chi connectivity index (χ1n) is 10.8. The predicted molar refractivity (Wildman–Crippen MR) is 117 cm³/mol. The van der Waals surface area contributed by atoms with Crippen LogP contribution in [-0.2, 0) is 16.1 Å². The molecule has 2 aromatic rings. The molecule has 6 heteroatoms. The number of carbonyl (C=O) groups excluding carboxylic acids is 2. The van der Waals surface area contributed by atoms with Crippen LogP contribution in [0.3, 0.4) is 0 Å². The molecule has 31 heavy (non-hydrogen) atoms. The summed E-state index contributed by atoms with van der Waals surface area (Å²) in [6.07, 6.45) is 1.93. The number of nitrogens with zero attached hydrogens (tertiary/aromatic N) is 1. The minimum Gasteiger partial charge on any atom is -0.464 e. The molecule has 164 valence electrons. The van der Waals surface area contributed by atoms with Crippen LogP contribution in [0.4, 0.5) is 4.79 Å². The lowest BCUT2D eigenvalue weighted by atomic mass is 9.95. The quantitative estimate of drug-likeness (QED) is 0.647. The van der Waals surface area contributed by atoms with Gasteiger partial charge in [0.25, 0.3) is 0 Å². The number of hydrogen-bond donors (Lipinski definition) is 0. The third kappa shape index (κ3) is 5.07. The van der Waals surface area contributed by atoms with E-state index < -0.39 is 5.60 Å². The molecular formula is C25H29NO5. The molecule has 0 saturated carbocycles. The number of ether oxygens (including phenoxy) is 3. The Morgan fingerprint density at radius 2 is 1.74 bits per heavy atom. The van der Waals surface area contributed by atoms with E-state index in [2.05, 4.69) is 6.07 Å². The summed E-state index contributed by atoms with van der Waals surface area (Å²) in [5.41, 5.74) is 3.30. The lowest BCUT2D eigenvalue weighted by molar-refractivity contribution is -0.149. The molecule has 0 aliphatic carbocycles. The molecule has 1 fully saturated rings. The Bertz CT molecular complexity index is 939. The number of benzene rings is 2. The van der Waals surface area contributed by atoms with Gasteiger partial charge in [0.05, 0.1) is 6.61 Å². The van der Waals surface area contributed by atoms with Gasteiger partial charge in [-0.3, -0.25) is 4.79 Å². The van der Waals surface area contributed by atoms with Crippen LogP contribution in [0.15, 0.2) is 42.5 Å². The van der Waals surface area contributed by atoms with E-state index in [9.17, 15) is 9.59 Å². The highest BCUT2D eigenvalue weighted by Crippen LogP contribution is 2.35. The van der Waals surface area contributed by atoms with Gasteiger partial charge in [-0.1, -0.05) is 30.3 Å². The molecule has 4 rings (SSSR count). The van der Waals surface area contributed by atoms with Crippen LogP contribution in [0.1, 0.15) is 49.5 Å². The molecule has 2 aliphatic rings. The van der Waals surface area contributed by atoms with Crippen LogP contribution >= 0.6 is 0 Å². The van der Waals surface area contributed by atoms with Crippen molar-refractivity contribution >= 4 is 12.4 Å². The van der Waals surface area contributed by atoms with Gasteiger partial charge in [0.2, 0.25) is 6.29 Å². The zero-order valence-corrected chi connectivity index (χ0v) is 18.3. The van der Waals surface area contributed by atoms with E-state index in [0.29, 0.717) is 25.3 Å². The van der Waals surface area contributed by atoms with Crippen LogP contribution in [-0.4, -0.2) is 42.3 Å². The number of aldehydes is 1. The van der Waals surface area contributed by atoms with E-state index >= 15 is 0 Å². The summed E-state index contributed by atoms with van der Waals surface area (Å²) in [4.78, 5) is 24.9. The van der Waals surface area contributed by atoms with Crippen molar-refractivity contribution in [3.05, 3.63) is 53.6 Å². The van der Waals surface area contributed by atoms with E-state index in [4.69, 9.17) is 14.2 Å². The standard InChI is InChI=1S/C25H29NO5/c1-25(2,3)31-24(28)26-12-10-19(11-13-26)23-29-16-21-14-20(8-9-22(21)30-23)18-6-4-17(15-27)5-7-18/h4-9,14-15,19,23H,10-13,16H2,1-3H3. The normalized spacial score (nSPS) is 19.3. The smallest absolute Gasteiger partial charge is 0.410 e. The molecule has 1 saturated heterocycles. The third-order valence-electron chi connectivity index (χ3n) is 5.66. The van der Waals surface area contributed by atoms with Crippen molar-refractivity contribution < 1.29 is 23.8 Å². The summed E-state index contributed by atoms with van der Waals surface area (Å²) >= 11 is 0. The Labute approximate surface area is 183 Å². The average Bonchev–Trinajstić information content (AvgIpc) is 2.77. The molecule has 1 atom stereocenters. The Morgan fingerprint density at radius 3 is 2.39 bits per heavy atom. The minimum atomic E-state index is -0.484. The van der Waals surface area contributed by atoms with Crippen molar-refractivity contribution in [2.45, 2.75) is 52.1 Å². The fourth-order valence-electron chi connectivity index (χ4n) is 3.98. The van der Waals surface area contributed by atoms with Gasteiger partial charge in [-0.2, -0.15) is 0 Å². The molecule has 0 N–H and O–H groups in total. The van der Waals surface area contributed by atoms with Crippen LogP contribution < -0.4 is 4.74 Å². The fraction of sp³-hybridized carbons (Fsp3) is 0.440. The van der Waals surface area contributed by atoms with Gasteiger partial charge in [-0.15, -0.1) is 0 Å². The van der Waals surface area contributed by atoms with Gasteiger partial charge in [-0.25, -0.2) is 4.79 Å². The van der Waals surface area contributed by atoms with E-state index in [-0.39, 0.29) is 18.3 Å². The van der Waals surface area contributed by atoms with E-state index in [1.54, 1.807) is 4.90 Å². The van der Waals surface area contributed by atoms with Crippen LogP contribution in [0.25, 0.3) is 11.1 Å². The molecule has 0 radical (unpaired) electrons. The van der Waals surface area contributed by atoms with Crippen molar-refractivity contribution in [3.63, 3.8) is 0 Å². The largest absolute Gasteiger partial charge is 0.464 e. The lowest BCUT2D eigenvalue weighted by Crippen LogP contribution is -2.45. The summed E-state index contributed by atoms with van der Waals surface area (Å²) in [5, 5.41) is 0. The molecule has 0 bridgehead atoms. The molecule has 2 aromatic carbocycles. The first-order chi connectivity index (χ1) is 14.8. The van der Waals surface area contributed by atoms with Crippen molar-refractivity contribution in [2.75, 3.05) is 13.1 Å². The van der Waals surface area contributed by atoms with E-state index in [1.165, 1.54) is 0 Å². The molecule has 1 amide bonds. The molecule has 0 spiro atoms. The molecule has 1 unspecified atom stereocenters. The van der Waals surface area contributed by atoms with E-state index in [0.717, 1.165) is 41.6 Å². The summed E-state index contributed by atoms with van der Waals surface area (Å²) in [7, 11) is 0. The first kappa shape index (κ1) is 21.4. The van der Waals surface area contributed by atoms with Crippen molar-refractivity contribution in [1.29, 1.82) is 0 Å². The number of rotatable bonds is 3. The molecule has 2 heterocycles. The fourth-order valence-corrected chi connectivity index (χ4v) is 3.98. The van der Waals surface area contributed by atoms with Crippen molar-refractivity contribution in [2.24, 2.45) is 5.92 Å².